The molecule has 29 heavy (non-hydrogen) atoms. The first-order valence-electron chi connectivity index (χ1n) is 10.3. The van der Waals surface area contributed by atoms with Crippen molar-refractivity contribution in [1.29, 1.82) is 0 Å². The minimum Gasteiger partial charge on any atom is -0.352 e. The summed E-state index contributed by atoms with van der Waals surface area (Å²) in [5.41, 5.74) is 0.0284. The summed E-state index contributed by atoms with van der Waals surface area (Å²) in [6.45, 7) is 3.27. The Kier molecular flexibility index (Phi) is 4.58. The lowest BCUT2D eigenvalue weighted by Crippen LogP contribution is -2.55. The summed E-state index contributed by atoms with van der Waals surface area (Å²) in [6.07, 6.45) is 9.86. The highest BCUT2D eigenvalue weighted by Gasteiger charge is 2.48. The number of piperidine rings is 1. The van der Waals surface area contributed by atoms with Gasteiger partial charge in [-0.2, -0.15) is 0 Å². The van der Waals surface area contributed by atoms with Crippen molar-refractivity contribution in [1.82, 2.24) is 24.3 Å². The SMILES string of the molecule is O=C(c1ccncc1)N1CCC2(CC1)OC(C(=O)N1CCCC1)Cn1ccnc12. The van der Waals surface area contributed by atoms with Gasteiger partial charge in [-0.05, 0) is 25.0 Å². The molecule has 0 aromatic carbocycles. The van der Waals surface area contributed by atoms with E-state index in [2.05, 4.69) is 14.5 Å². The highest BCUT2D eigenvalue weighted by molar-refractivity contribution is 5.94. The summed E-state index contributed by atoms with van der Waals surface area (Å²) in [7, 11) is 0. The zero-order chi connectivity index (χ0) is 19.8. The van der Waals surface area contributed by atoms with E-state index < -0.39 is 11.7 Å². The van der Waals surface area contributed by atoms with E-state index in [1.54, 1.807) is 30.7 Å². The molecule has 8 heteroatoms. The van der Waals surface area contributed by atoms with Gasteiger partial charge in [-0.3, -0.25) is 14.6 Å². The van der Waals surface area contributed by atoms with Crippen LogP contribution in [0.25, 0.3) is 0 Å². The molecule has 5 heterocycles. The van der Waals surface area contributed by atoms with E-state index in [1.807, 2.05) is 16.0 Å². The summed E-state index contributed by atoms with van der Waals surface area (Å²) < 4.78 is 8.54. The van der Waals surface area contributed by atoms with Crippen molar-refractivity contribution in [3.8, 4) is 0 Å². The Bertz CT molecular complexity index is 898. The number of imidazole rings is 1. The van der Waals surface area contributed by atoms with Crippen LogP contribution in [0.1, 0.15) is 41.9 Å². The van der Waals surface area contributed by atoms with Gasteiger partial charge in [0.15, 0.2) is 6.10 Å². The first kappa shape index (κ1) is 18.3. The fourth-order valence-corrected chi connectivity index (χ4v) is 4.76. The first-order chi connectivity index (χ1) is 14.2. The van der Waals surface area contributed by atoms with Crippen molar-refractivity contribution >= 4 is 11.8 Å². The third-order valence-corrected chi connectivity index (χ3v) is 6.33. The summed E-state index contributed by atoms with van der Waals surface area (Å²) in [4.78, 5) is 38.1. The van der Waals surface area contributed by atoms with E-state index in [0.717, 1.165) is 31.8 Å². The van der Waals surface area contributed by atoms with Gasteiger partial charge < -0.3 is 19.1 Å². The standard InChI is InChI=1S/C21H25N5O3/c27-18(16-3-7-22-8-4-16)25-12-5-21(6-13-25)20-23-9-14-26(20)15-17(29-21)19(28)24-10-1-2-11-24/h3-4,7-9,14,17H,1-2,5-6,10-13,15H2. The molecule has 2 aromatic heterocycles. The molecule has 1 unspecified atom stereocenters. The Hall–Kier alpha value is -2.74. The van der Waals surface area contributed by atoms with E-state index in [9.17, 15) is 9.59 Å². The van der Waals surface area contributed by atoms with Gasteiger partial charge in [0.1, 0.15) is 11.4 Å². The van der Waals surface area contributed by atoms with Crippen LogP contribution in [0.5, 0.6) is 0 Å². The summed E-state index contributed by atoms with van der Waals surface area (Å²) >= 11 is 0. The number of fused-ring (bicyclic) bond motifs is 2. The largest absolute Gasteiger partial charge is 0.352 e. The van der Waals surface area contributed by atoms with Crippen LogP contribution < -0.4 is 0 Å². The zero-order valence-corrected chi connectivity index (χ0v) is 16.4. The van der Waals surface area contributed by atoms with Gasteiger partial charge >= 0.3 is 0 Å². The Morgan fingerprint density at radius 1 is 1.00 bits per heavy atom. The smallest absolute Gasteiger partial charge is 0.253 e. The Morgan fingerprint density at radius 2 is 1.72 bits per heavy atom. The van der Waals surface area contributed by atoms with Crippen molar-refractivity contribution in [2.75, 3.05) is 26.2 Å². The maximum atomic E-state index is 13.0. The van der Waals surface area contributed by atoms with Crippen LogP contribution in [0.2, 0.25) is 0 Å². The highest BCUT2D eigenvalue weighted by Crippen LogP contribution is 2.40. The molecule has 0 N–H and O–H groups in total. The van der Waals surface area contributed by atoms with Crippen molar-refractivity contribution < 1.29 is 14.3 Å². The van der Waals surface area contributed by atoms with Crippen molar-refractivity contribution in [2.24, 2.45) is 0 Å². The number of rotatable bonds is 2. The van der Waals surface area contributed by atoms with Crippen LogP contribution in [0.4, 0.5) is 0 Å². The number of carbonyl (C=O) groups excluding carboxylic acids is 2. The molecular weight excluding hydrogens is 370 g/mol. The van der Waals surface area contributed by atoms with Gasteiger partial charge in [0.05, 0.1) is 6.54 Å². The predicted molar refractivity (Wildman–Crippen MR) is 104 cm³/mol. The van der Waals surface area contributed by atoms with E-state index in [-0.39, 0.29) is 11.8 Å². The summed E-state index contributed by atoms with van der Waals surface area (Å²) in [6, 6.07) is 3.47. The first-order valence-corrected chi connectivity index (χ1v) is 10.3. The molecule has 8 nitrogen and oxygen atoms in total. The molecular formula is C21H25N5O3. The van der Waals surface area contributed by atoms with Crippen LogP contribution >= 0.6 is 0 Å². The third kappa shape index (κ3) is 3.21. The molecule has 3 aliphatic rings. The molecule has 1 atom stereocenters. The Labute approximate surface area is 169 Å². The topological polar surface area (TPSA) is 80.6 Å². The quantitative estimate of drug-likeness (QED) is 0.769. The number of likely N-dealkylation sites (tertiary alicyclic amines) is 2. The maximum Gasteiger partial charge on any atom is 0.253 e. The van der Waals surface area contributed by atoms with Gasteiger partial charge in [-0.1, -0.05) is 0 Å². The number of ether oxygens (including phenoxy) is 1. The van der Waals surface area contributed by atoms with Crippen LogP contribution in [0.3, 0.4) is 0 Å². The lowest BCUT2D eigenvalue weighted by Gasteiger charge is -2.46. The van der Waals surface area contributed by atoms with Crippen LogP contribution in [0.15, 0.2) is 36.9 Å². The second-order valence-corrected chi connectivity index (χ2v) is 8.06. The summed E-state index contributed by atoms with van der Waals surface area (Å²) in [5, 5.41) is 0. The monoisotopic (exact) mass is 395 g/mol. The Morgan fingerprint density at radius 3 is 2.45 bits per heavy atom. The molecule has 0 radical (unpaired) electrons. The fraction of sp³-hybridized carbons (Fsp3) is 0.524. The van der Waals surface area contributed by atoms with Crippen molar-refractivity contribution in [3.05, 3.63) is 48.3 Å². The van der Waals surface area contributed by atoms with E-state index in [0.29, 0.717) is 38.0 Å². The highest BCUT2D eigenvalue weighted by atomic mass is 16.5. The lowest BCUT2D eigenvalue weighted by molar-refractivity contribution is -0.179. The normalized spacial score (nSPS) is 23.2. The number of pyridine rings is 1. The average Bonchev–Trinajstić information content (AvgIpc) is 3.46. The maximum absolute atomic E-state index is 13.0. The number of carbonyl (C=O) groups is 2. The molecule has 3 aliphatic heterocycles. The van der Waals surface area contributed by atoms with Crippen LogP contribution in [-0.4, -0.2) is 68.4 Å². The van der Waals surface area contributed by atoms with Gasteiger partial charge in [0, 0.05) is 69.4 Å². The van der Waals surface area contributed by atoms with Crippen molar-refractivity contribution in [3.63, 3.8) is 0 Å². The number of hydrogen-bond acceptors (Lipinski definition) is 5. The Balaban J connectivity index is 1.34. The zero-order valence-electron chi connectivity index (χ0n) is 16.4. The van der Waals surface area contributed by atoms with Gasteiger partial charge in [-0.25, -0.2) is 4.98 Å². The second-order valence-electron chi connectivity index (χ2n) is 8.06. The second kappa shape index (κ2) is 7.26. The molecule has 2 saturated heterocycles. The molecule has 152 valence electrons. The van der Waals surface area contributed by atoms with Gasteiger partial charge in [0.2, 0.25) is 0 Å². The van der Waals surface area contributed by atoms with Crippen LogP contribution in [0, 0.1) is 0 Å². The number of nitrogens with zero attached hydrogens (tertiary/aromatic N) is 5. The molecule has 0 aliphatic carbocycles. The minimum absolute atomic E-state index is 0.00564. The minimum atomic E-state index is -0.614. The number of aromatic nitrogens is 3. The molecule has 0 bridgehead atoms. The summed E-state index contributed by atoms with van der Waals surface area (Å²) in [5.74, 6) is 0.960. The lowest BCUT2D eigenvalue weighted by atomic mass is 9.88. The predicted octanol–water partition coefficient (Wildman–Crippen LogP) is 1.43. The molecule has 2 aromatic rings. The molecule has 1 spiro atoms. The number of hydrogen-bond donors (Lipinski definition) is 0. The molecule has 5 rings (SSSR count). The van der Waals surface area contributed by atoms with Gasteiger partial charge in [0.25, 0.3) is 11.8 Å². The van der Waals surface area contributed by atoms with E-state index >= 15 is 0 Å². The van der Waals surface area contributed by atoms with E-state index in [1.165, 1.54) is 0 Å². The third-order valence-electron chi connectivity index (χ3n) is 6.33. The van der Waals surface area contributed by atoms with Crippen LogP contribution in [-0.2, 0) is 21.7 Å². The van der Waals surface area contributed by atoms with Crippen molar-refractivity contribution in [2.45, 2.75) is 43.9 Å². The average molecular weight is 395 g/mol. The molecule has 2 fully saturated rings. The molecule has 2 amide bonds. The van der Waals surface area contributed by atoms with E-state index in [4.69, 9.17) is 4.74 Å². The molecule has 0 saturated carbocycles. The number of amides is 2. The van der Waals surface area contributed by atoms with Gasteiger partial charge in [-0.15, -0.1) is 0 Å². The fourth-order valence-electron chi connectivity index (χ4n) is 4.76.